The molecule has 0 radical (unpaired) electrons. The quantitative estimate of drug-likeness (QED) is 0.838. The number of halogens is 1. The number of likely N-dealkylation sites (tertiary alicyclic amines) is 2. The highest BCUT2D eigenvalue weighted by Crippen LogP contribution is 2.39. The van der Waals surface area contributed by atoms with Crippen molar-refractivity contribution < 1.29 is 14.0 Å². The topological polar surface area (TPSA) is 53.5 Å². The molecule has 4 rings (SSSR count). The summed E-state index contributed by atoms with van der Waals surface area (Å²) >= 11 is 0. The third kappa shape index (κ3) is 3.31. The SMILES string of the molecule is CN1C(=O)C[C@H](C(=O)N2CCC(c3ccc(F)cc3)C2)[C@H]1c1cccnc1. The zero-order valence-corrected chi connectivity index (χ0v) is 15.2. The van der Waals surface area contributed by atoms with Gasteiger partial charge in [0.05, 0.1) is 12.0 Å². The first-order chi connectivity index (χ1) is 13.0. The summed E-state index contributed by atoms with van der Waals surface area (Å²) in [5.74, 6) is -0.431. The first kappa shape index (κ1) is 17.6. The Morgan fingerprint density at radius 1 is 1.19 bits per heavy atom. The van der Waals surface area contributed by atoms with E-state index in [9.17, 15) is 14.0 Å². The van der Waals surface area contributed by atoms with Gasteiger partial charge in [-0.2, -0.15) is 0 Å². The Balaban J connectivity index is 1.51. The zero-order chi connectivity index (χ0) is 19.0. The predicted octanol–water partition coefficient (Wildman–Crippen LogP) is 2.76. The van der Waals surface area contributed by atoms with Crippen molar-refractivity contribution in [3.63, 3.8) is 0 Å². The highest BCUT2D eigenvalue weighted by atomic mass is 19.1. The molecule has 5 nitrogen and oxygen atoms in total. The van der Waals surface area contributed by atoms with E-state index in [4.69, 9.17) is 0 Å². The van der Waals surface area contributed by atoms with Crippen LogP contribution >= 0.6 is 0 Å². The van der Waals surface area contributed by atoms with Crippen molar-refractivity contribution in [2.45, 2.75) is 24.8 Å². The maximum atomic E-state index is 13.2. The maximum absolute atomic E-state index is 13.2. The second kappa shape index (κ2) is 7.10. The Hall–Kier alpha value is -2.76. The molecular formula is C21H22FN3O2. The van der Waals surface area contributed by atoms with Crippen LogP contribution in [0.2, 0.25) is 0 Å². The summed E-state index contributed by atoms with van der Waals surface area (Å²) < 4.78 is 13.2. The van der Waals surface area contributed by atoms with Gasteiger partial charge < -0.3 is 9.80 Å². The van der Waals surface area contributed by atoms with Gasteiger partial charge in [0.2, 0.25) is 11.8 Å². The van der Waals surface area contributed by atoms with E-state index in [1.165, 1.54) is 12.1 Å². The summed E-state index contributed by atoms with van der Waals surface area (Å²) in [6, 6.07) is 9.97. The first-order valence-electron chi connectivity index (χ1n) is 9.24. The summed E-state index contributed by atoms with van der Waals surface area (Å²) in [6.07, 6.45) is 4.49. The summed E-state index contributed by atoms with van der Waals surface area (Å²) in [5.41, 5.74) is 1.94. The average Bonchev–Trinajstić information content (AvgIpc) is 3.28. The molecule has 0 saturated carbocycles. The number of hydrogen-bond donors (Lipinski definition) is 0. The summed E-state index contributed by atoms with van der Waals surface area (Å²) in [5, 5.41) is 0. The second-order valence-corrected chi connectivity index (χ2v) is 7.37. The van der Waals surface area contributed by atoms with Crippen LogP contribution in [-0.4, -0.2) is 46.7 Å². The molecule has 3 atom stereocenters. The van der Waals surface area contributed by atoms with Gasteiger partial charge in [0.1, 0.15) is 5.82 Å². The minimum atomic E-state index is -0.390. The van der Waals surface area contributed by atoms with Crippen LogP contribution in [0, 0.1) is 11.7 Å². The summed E-state index contributed by atoms with van der Waals surface area (Å²) in [4.78, 5) is 33.2. The number of carbonyl (C=O) groups excluding carboxylic acids is 2. The first-order valence-corrected chi connectivity index (χ1v) is 9.24. The number of rotatable bonds is 3. The van der Waals surface area contributed by atoms with Crippen molar-refractivity contribution in [2.24, 2.45) is 5.92 Å². The number of nitrogens with zero attached hydrogens (tertiary/aromatic N) is 3. The number of aromatic nitrogens is 1. The van der Waals surface area contributed by atoms with E-state index in [-0.39, 0.29) is 36.0 Å². The molecule has 2 aliphatic rings. The molecule has 1 aromatic carbocycles. The third-order valence-electron chi connectivity index (χ3n) is 5.77. The number of pyridine rings is 1. The molecule has 0 spiro atoms. The zero-order valence-electron chi connectivity index (χ0n) is 15.2. The monoisotopic (exact) mass is 367 g/mol. The normalized spacial score (nSPS) is 25.3. The van der Waals surface area contributed by atoms with Gasteiger partial charge in [-0.25, -0.2) is 4.39 Å². The van der Waals surface area contributed by atoms with Crippen LogP contribution in [0.3, 0.4) is 0 Å². The summed E-state index contributed by atoms with van der Waals surface area (Å²) in [7, 11) is 1.75. The molecule has 0 bridgehead atoms. The molecule has 1 unspecified atom stereocenters. The highest BCUT2D eigenvalue weighted by molar-refractivity contribution is 5.90. The lowest BCUT2D eigenvalue weighted by molar-refractivity contribution is -0.135. The van der Waals surface area contributed by atoms with Crippen LogP contribution in [-0.2, 0) is 9.59 Å². The Morgan fingerprint density at radius 3 is 2.67 bits per heavy atom. The largest absolute Gasteiger partial charge is 0.342 e. The van der Waals surface area contributed by atoms with Crippen molar-refractivity contribution in [3.8, 4) is 0 Å². The fourth-order valence-electron chi connectivity index (χ4n) is 4.30. The lowest BCUT2D eigenvalue weighted by atomic mass is 9.93. The molecule has 6 heteroatoms. The smallest absolute Gasteiger partial charge is 0.228 e. The lowest BCUT2D eigenvalue weighted by Gasteiger charge is -2.27. The van der Waals surface area contributed by atoms with Gasteiger partial charge in [-0.3, -0.25) is 14.6 Å². The van der Waals surface area contributed by atoms with E-state index in [0.717, 1.165) is 17.5 Å². The van der Waals surface area contributed by atoms with Gasteiger partial charge in [-0.1, -0.05) is 18.2 Å². The van der Waals surface area contributed by atoms with E-state index in [1.54, 1.807) is 36.5 Å². The number of benzene rings is 1. The van der Waals surface area contributed by atoms with Crippen LogP contribution in [0.1, 0.15) is 35.9 Å². The molecule has 1 aromatic heterocycles. The average molecular weight is 367 g/mol. The van der Waals surface area contributed by atoms with Crippen molar-refractivity contribution in [1.29, 1.82) is 0 Å². The van der Waals surface area contributed by atoms with Gasteiger partial charge in [-0.15, -0.1) is 0 Å². The molecule has 2 fully saturated rings. The van der Waals surface area contributed by atoms with Gasteiger partial charge in [0.25, 0.3) is 0 Å². The van der Waals surface area contributed by atoms with E-state index >= 15 is 0 Å². The van der Waals surface area contributed by atoms with Crippen molar-refractivity contribution in [1.82, 2.24) is 14.8 Å². The van der Waals surface area contributed by atoms with E-state index in [1.807, 2.05) is 17.0 Å². The van der Waals surface area contributed by atoms with Crippen LogP contribution in [0.25, 0.3) is 0 Å². The molecule has 2 saturated heterocycles. The van der Waals surface area contributed by atoms with E-state index in [2.05, 4.69) is 4.98 Å². The molecule has 3 heterocycles. The van der Waals surface area contributed by atoms with Gasteiger partial charge in [0.15, 0.2) is 0 Å². The minimum Gasteiger partial charge on any atom is -0.342 e. The molecular weight excluding hydrogens is 345 g/mol. The maximum Gasteiger partial charge on any atom is 0.228 e. The van der Waals surface area contributed by atoms with Crippen LogP contribution in [0.15, 0.2) is 48.8 Å². The standard InChI is InChI=1S/C21H22FN3O2/c1-24-19(26)11-18(20(24)15-3-2-9-23-12-15)21(27)25-10-8-16(13-25)14-4-6-17(22)7-5-14/h2-7,9,12,16,18,20H,8,10-11,13H2,1H3/t16?,18-,20+/m0/s1. The van der Waals surface area contributed by atoms with Crippen LogP contribution in [0.5, 0.6) is 0 Å². The molecule has 2 aromatic rings. The lowest BCUT2D eigenvalue weighted by Crippen LogP contribution is -2.37. The van der Waals surface area contributed by atoms with E-state index < -0.39 is 5.92 Å². The number of hydrogen-bond acceptors (Lipinski definition) is 3. The number of carbonyl (C=O) groups is 2. The predicted molar refractivity (Wildman–Crippen MR) is 98.2 cm³/mol. The molecule has 140 valence electrons. The van der Waals surface area contributed by atoms with Gasteiger partial charge in [-0.05, 0) is 35.7 Å². The van der Waals surface area contributed by atoms with Crippen molar-refractivity contribution >= 4 is 11.8 Å². The fraction of sp³-hybridized carbons (Fsp3) is 0.381. The number of amides is 2. The second-order valence-electron chi connectivity index (χ2n) is 7.37. The third-order valence-corrected chi connectivity index (χ3v) is 5.77. The molecule has 0 N–H and O–H groups in total. The Bertz CT molecular complexity index is 840. The van der Waals surface area contributed by atoms with Gasteiger partial charge in [0, 0.05) is 44.9 Å². The van der Waals surface area contributed by atoms with Crippen LogP contribution < -0.4 is 0 Å². The molecule has 2 aliphatic heterocycles. The fourth-order valence-corrected chi connectivity index (χ4v) is 4.30. The Labute approximate surface area is 157 Å². The minimum absolute atomic E-state index is 0.0171. The van der Waals surface area contributed by atoms with E-state index in [0.29, 0.717) is 13.1 Å². The van der Waals surface area contributed by atoms with Gasteiger partial charge >= 0.3 is 0 Å². The van der Waals surface area contributed by atoms with Crippen molar-refractivity contribution in [3.05, 3.63) is 65.7 Å². The Kier molecular flexibility index (Phi) is 4.64. The summed E-state index contributed by atoms with van der Waals surface area (Å²) in [6.45, 7) is 1.27. The molecule has 0 aliphatic carbocycles. The molecule has 27 heavy (non-hydrogen) atoms. The van der Waals surface area contributed by atoms with Crippen molar-refractivity contribution in [2.75, 3.05) is 20.1 Å². The highest BCUT2D eigenvalue weighted by Gasteiger charge is 2.45. The molecule has 2 amide bonds. The Morgan fingerprint density at radius 2 is 1.96 bits per heavy atom. The van der Waals surface area contributed by atoms with Crippen LogP contribution in [0.4, 0.5) is 4.39 Å².